The Morgan fingerprint density at radius 3 is 3.00 bits per heavy atom. The fourth-order valence-electron chi connectivity index (χ4n) is 1.48. The Morgan fingerprint density at radius 2 is 2.33 bits per heavy atom. The first-order valence-corrected chi connectivity index (χ1v) is 6.26. The van der Waals surface area contributed by atoms with E-state index in [1.54, 1.807) is 35.2 Å². The van der Waals surface area contributed by atoms with E-state index in [4.69, 9.17) is 4.74 Å². The number of aryl methyl sites for hydroxylation is 1. The largest absolute Gasteiger partial charge is 0.465 e. The summed E-state index contributed by atoms with van der Waals surface area (Å²) in [5.41, 5.74) is 3.22. The van der Waals surface area contributed by atoms with Crippen LogP contribution in [0.25, 0.3) is 0 Å². The van der Waals surface area contributed by atoms with Crippen molar-refractivity contribution in [2.45, 2.75) is 13.5 Å². The van der Waals surface area contributed by atoms with Crippen LogP contribution in [0.4, 0.5) is 5.82 Å². The van der Waals surface area contributed by atoms with Crippen LogP contribution < -0.4 is 5.32 Å². The van der Waals surface area contributed by atoms with Gasteiger partial charge in [-0.2, -0.15) is 0 Å². The molecule has 18 heavy (non-hydrogen) atoms. The molecule has 6 heteroatoms. The first-order chi connectivity index (χ1) is 8.72. The van der Waals surface area contributed by atoms with Gasteiger partial charge in [0.05, 0.1) is 24.9 Å². The van der Waals surface area contributed by atoms with Gasteiger partial charge in [-0.3, -0.25) is 0 Å². The molecule has 0 aliphatic rings. The lowest BCUT2D eigenvalue weighted by Crippen LogP contribution is -2.09. The van der Waals surface area contributed by atoms with Crippen LogP contribution >= 0.6 is 11.3 Å². The number of thiazole rings is 1. The first kappa shape index (κ1) is 12.5. The fourth-order valence-corrected chi connectivity index (χ4v) is 2.20. The highest BCUT2D eigenvalue weighted by Gasteiger charge is 2.12. The molecule has 2 heterocycles. The van der Waals surface area contributed by atoms with Gasteiger partial charge in [-0.15, -0.1) is 11.3 Å². The Kier molecular flexibility index (Phi) is 3.88. The molecular formula is C12H13N3O2S. The van der Waals surface area contributed by atoms with Gasteiger partial charge >= 0.3 is 5.97 Å². The van der Waals surface area contributed by atoms with E-state index in [1.165, 1.54) is 7.11 Å². The summed E-state index contributed by atoms with van der Waals surface area (Å²) in [4.78, 5) is 21.0. The molecule has 2 aromatic rings. The number of aromatic nitrogens is 2. The third-order valence-corrected chi connectivity index (χ3v) is 3.41. The van der Waals surface area contributed by atoms with E-state index in [-0.39, 0.29) is 0 Å². The number of esters is 1. The van der Waals surface area contributed by atoms with E-state index in [0.717, 1.165) is 10.6 Å². The quantitative estimate of drug-likeness (QED) is 0.857. The predicted octanol–water partition coefficient (Wildman–Crippen LogP) is 2.25. The Hall–Kier alpha value is -1.95. The molecule has 1 N–H and O–H groups in total. The van der Waals surface area contributed by atoms with Crippen LogP contribution in [0.5, 0.6) is 0 Å². The van der Waals surface area contributed by atoms with Crippen molar-refractivity contribution in [3.05, 3.63) is 40.0 Å². The van der Waals surface area contributed by atoms with Crippen molar-refractivity contribution in [2.75, 3.05) is 12.4 Å². The number of nitrogens with zero attached hydrogens (tertiary/aromatic N) is 2. The molecule has 0 saturated carbocycles. The number of anilines is 1. The molecule has 0 bridgehead atoms. The lowest BCUT2D eigenvalue weighted by Gasteiger charge is -2.08. The zero-order valence-corrected chi connectivity index (χ0v) is 11.0. The predicted molar refractivity (Wildman–Crippen MR) is 69.8 cm³/mol. The van der Waals surface area contributed by atoms with Gasteiger partial charge in [-0.25, -0.2) is 14.8 Å². The monoisotopic (exact) mass is 263 g/mol. The normalized spacial score (nSPS) is 10.1. The Bertz CT molecular complexity index is 554. The summed E-state index contributed by atoms with van der Waals surface area (Å²) < 4.78 is 4.71. The van der Waals surface area contributed by atoms with Crippen LogP contribution in [0.3, 0.4) is 0 Å². The van der Waals surface area contributed by atoms with Gasteiger partial charge in [0.25, 0.3) is 0 Å². The average molecular weight is 263 g/mol. The number of hydrogen-bond acceptors (Lipinski definition) is 6. The first-order valence-electron chi connectivity index (χ1n) is 5.38. The van der Waals surface area contributed by atoms with Crippen molar-refractivity contribution in [3.63, 3.8) is 0 Å². The number of ether oxygens (including phenoxy) is 1. The zero-order chi connectivity index (χ0) is 13.0. The molecule has 0 aliphatic heterocycles. The van der Waals surface area contributed by atoms with E-state index in [1.807, 2.05) is 6.92 Å². The van der Waals surface area contributed by atoms with Gasteiger partial charge in [0.1, 0.15) is 11.4 Å². The third kappa shape index (κ3) is 2.65. The lowest BCUT2D eigenvalue weighted by atomic mass is 10.2. The maximum Gasteiger partial charge on any atom is 0.341 e. The molecule has 0 aliphatic carbocycles. The van der Waals surface area contributed by atoms with Crippen molar-refractivity contribution in [1.82, 2.24) is 9.97 Å². The topological polar surface area (TPSA) is 64.1 Å². The van der Waals surface area contributed by atoms with Crippen LogP contribution in [-0.4, -0.2) is 23.0 Å². The van der Waals surface area contributed by atoms with Gasteiger partial charge in [-0.1, -0.05) is 0 Å². The summed E-state index contributed by atoms with van der Waals surface area (Å²) in [5.74, 6) is 0.128. The minimum atomic E-state index is -0.397. The van der Waals surface area contributed by atoms with Crippen LogP contribution in [0, 0.1) is 6.92 Å². The van der Waals surface area contributed by atoms with E-state index >= 15 is 0 Å². The third-order valence-electron chi connectivity index (χ3n) is 2.47. The molecule has 0 amide bonds. The fraction of sp³-hybridized carbons (Fsp3) is 0.250. The SMILES string of the molecule is COC(=O)c1cccnc1NCc1scnc1C. The number of carbonyl (C=O) groups excluding carboxylic acids is 1. The molecule has 0 radical (unpaired) electrons. The smallest absolute Gasteiger partial charge is 0.341 e. The van der Waals surface area contributed by atoms with Gasteiger partial charge in [0.2, 0.25) is 0 Å². The lowest BCUT2D eigenvalue weighted by molar-refractivity contribution is 0.0601. The Morgan fingerprint density at radius 1 is 1.50 bits per heavy atom. The number of hydrogen-bond donors (Lipinski definition) is 1. The minimum absolute atomic E-state index is 0.397. The van der Waals surface area contributed by atoms with Crippen molar-refractivity contribution < 1.29 is 9.53 Å². The Balaban J connectivity index is 2.14. The van der Waals surface area contributed by atoms with Crippen molar-refractivity contribution in [1.29, 1.82) is 0 Å². The van der Waals surface area contributed by atoms with Gasteiger partial charge in [0.15, 0.2) is 0 Å². The van der Waals surface area contributed by atoms with Crippen LogP contribution in [0.15, 0.2) is 23.8 Å². The van der Waals surface area contributed by atoms with Crippen molar-refractivity contribution in [2.24, 2.45) is 0 Å². The molecular weight excluding hydrogens is 250 g/mol. The van der Waals surface area contributed by atoms with Gasteiger partial charge in [-0.05, 0) is 19.1 Å². The average Bonchev–Trinajstić information content (AvgIpc) is 2.81. The van der Waals surface area contributed by atoms with Crippen molar-refractivity contribution >= 4 is 23.1 Å². The molecule has 0 saturated heterocycles. The molecule has 5 nitrogen and oxygen atoms in total. The van der Waals surface area contributed by atoms with Gasteiger partial charge < -0.3 is 10.1 Å². The van der Waals surface area contributed by atoms with Crippen LogP contribution in [0.2, 0.25) is 0 Å². The second-order valence-electron chi connectivity index (χ2n) is 3.61. The molecule has 0 fully saturated rings. The van der Waals surface area contributed by atoms with E-state index in [0.29, 0.717) is 17.9 Å². The number of carbonyl (C=O) groups is 1. The number of pyridine rings is 1. The summed E-state index contributed by atoms with van der Waals surface area (Å²) in [6.07, 6.45) is 1.63. The zero-order valence-electron chi connectivity index (χ0n) is 10.1. The maximum absolute atomic E-state index is 11.6. The maximum atomic E-state index is 11.6. The number of methoxy groups -OCH3 is 1. The van der Waals surface area contributed by atoms with E-state index in [9.17, 15) is 4.79 Å². The molecule has 0 spiro atoms. The van der Waals surface area contributed by atoms with E-state index in [2.05, 4.69) is 15.3 Å². The highest BCUT2D eigenvalue weighted by Crippen LogP contribution is 2.17. The second kappa shape index (κ2) is 5.59. The standard InChI is InChI=1S/C12H13N3O2S/c1-8-10(18-7-15-8)6-14-11-9(12(16)17-2)4-3-5-13-11/h3-5,7H,6H2,1-2H3,(H,13,14). The van der Waals surface area contributed by atoms with Crippen LogP contribution in [-0.2, 0) is 11.3 Å². The highest BCUT2D eigenvalue weighted by molar-refractivity contribution is 7.09. The second-order valence-corrected chi connectivity index (χ2v) is 4.54. The summed E-state index contributed by atoms with van der Waals surface area (Å²) in [7, 11) is 1.35. The molecule has 94 valence electrons. The molecule has 2 aromatic heterocycles. The molecule has 0 aromatic carbocycles. The Labute approximate surface area is 109 Å². The molecule has 0 atom stereocenters. The van der Waals surface area contributed by atoms with Crippen molar-refractivity contribution in [3.8, 4) is 0 Å². The van der Waals surface area contributed by atoms with Gasteiger partial charge in [0, 0.05) is 11.1 Å². The summed E-state index contributed by atoms with van der Waals surface area (Å²) >= 11 is 1.57. The molecule has 0 unspecified atom stereocenters. The highest BCUT2D eigenvalue weighted by atomic mass is 32.1. The number of rotatable bonds is 4. The summed E-state index contributed by atoms with van der Waals surface area (Å²) in [5, 5.41) is 3.13. The van der Waals surface area contributed by atoms with E-state index < -0.39 is 5.97 Å². The number of nitrogens with one attached hydrogen (secondary N) is 1. The van der Waals surface area contributed by atoms with Crippen LogP contribution in [0.1, 0.15) is 20.9 Å². The molecule has 2 rings (SSSR count). The summed E-state index contributed by atoms with van der Waals surface area (Å²) in [6, 6.07) is 3.38. The summed E-state index contributed by atoms with van der Waals surface area (Å²) in [6.45, 7) is 2.55. The minimum Gasteiger partial charge on any atom is -0.465 e.